The summed E-state index contributed by atoms with van der Waals surface area (Å²) in [5.74, 6) is 0.649. The molecule has 1 fully saturated rings. The van der Waals surface area contributed by atoms with Gasteiger partial charge in [-0.15, -0.1) is 22.7 Å². The molecule has 3 rings (SSSR count). The van der Waals surface area contributed by atoms with Crippen LogP contribution < -0.4 is 0 Å². The summed E-state index contributed by atoms with van der Waals surface area (Å²) in [5, 5.41) is 5.28. The minimum Gasteiger partial charge on any atom is -0.341 e. The van der Waals surface area contributed by atoms with Gasteiger partial charge in [0.2, 0.25) is 5.91 Å². The number of amides is 1. The summed E-state index contributed by atoms with van der Waals surface area (Å²) in [5.41, 5.74) is 0.924. The highest BCUT2D eigenvalue weighted by Crippen LogP contribution is 2.20. The number of thiophene rings is 1. The lowest BCUT2D eigenvalue weighted by Gasteiger charge is -2.21. The maximum Gasteiger partial charge on any atom is 0.228 e. The number of thiazole rings is 1. The Morgan fingerprint density at radius 1 is 1.25 bits per heavy atom. The summed E-state index contributed by atoms with van der Waals surface area (Å²) in [6.07, 6.45) is 1.49. The second-order valence-corrected chi connectivity index (χ2v) is 8.52. The number of hydrogen-bond acceptors (Lipinski definition) is 5. The first kappa shape index (κ1) is 17.6. The van der Waals surface area contributed by atoms with E-state index in [1.807, 2.05) is 21.6 Å². The van der Waals surface area contributed by atoms with E-state index < -0.39 is 0 Å². The molecule has 24 heavy (non-hydrogen) atoms. The Kier molecular flexibility index (Phi) is 6.03. The molecule has 1 aliphatic heterocycles. The van der Waals surface area contributed by atoms with Crippen LogP contribution in [0.3, 0.4) is 0 Å². The van der Waals surface area contributed by atoms with Gasteiger partial charge in [-0.1, -0.05) is 19.9 Å². The molecule has 0 spiro atoms. The molecule has 0 bridgehead atoms. The monoisotopic (exact) mass is 363 g/mol. The van der Waals surface area contributed by atoms with Crippen molar-refractivity contribution in [1.82, 2.24) is 14.8 Å². The van der Waals surface area contributed by atoms with E-state index in [2.05, 4.69) is 41.2 Å². The third-order valence-electron chi connectivity index (χ3n) is 4.30. The van der Waals surface area contributed by atoms with E-state index in [4.69, 9.17) is 0 Å². The van der Waals surface area contributed by atoms with Gasteiger partial charge in [-0.3, -0.25) is 9.69 Å². The fraction of sp³-hybridized carbons (Fsp3) is 0.556. The van der Waals surface area contributed by atoms with Crippen molar-refractivity contribution in [3.05, 3.63) is 38.5 Å². The number of hydrogen-bond donors (Lipinski definition) is 0. The highest BCUT2D eigenvalue weighted by atomic mass is 32.1. The van der Waals surface area contributed by atoms with Crippen molar-refractivity contribution in [2.24, 2.45) is 0 Å². The second kappa shape index (κ2) is 8.23. The summed E-state index contributed by atoms with van der Waals surface area (Å²) >= 11 is 3.47. The summed E-state index contributed by atoms with van der Waals surface area (Å²) in [6, 6.07) is 4.29. The molecule has 2 aromatic heterocycles. The zero-order valence-electron chi connectivity index (χ0n) is 14.4. The van der Waals surface area contributed by atoms with Crippen LogP contribution in [0.1, 0.15) is 41.8 Å². The molecule has 0 aromatic carbocycles. The Hall–Kier alpha value is -1.24. The molecule has 1 saturated heterocycles. The maximum absolute atomic E-state index is 12.6. The van der Waals surface area contributed by atoms with Gasteiger partial charge in [0.25, 0.3) is 0 Å². The predicted molar refractivity (Wildman–Crippen MR) is 101 cm³/mol. The zero-order valence-corrected chi connectivity index (χ0v) is 16.0. The zero-order chi connectivity index (χ0) is 16.9. The molecule has 4 nitrogen and oxygen atoms in total. The fourth-order valence-electron chi connectivity index (χ4n) is 2.94. The molecule has 2 aromatic rings. The Morgan fingerprint density at radius 2 is 2.12 bits per heavy atom. The molecule has 1 amide bonds. The van der Waals surface area contributed by atoms with Gasteiger partial charge in [-0.05, 0) is 17.9 Å². The van der Waals surface area contributed by atoms with E-state index in [0.29, 0.717) is 12.3 Å². The molecule has 0 saturated carbocycles. The van der Waals surface area contributed by atoms with Crippen molar-refractivity contribution >= 4 is 28.6 Å². The third-order valence-corrected chi connectivity index (χ3v) is 6.35. The Balaban J connectivity index is 1.52. The van der Waals surface area contributed by atoms with E-state index in [9.17, 15) is 4.79 Å². The van der Waals surface area contributed by atoms with E-state index in [-0.39, 0.29) is 5.91 Å². The first-order valence-electron chi connectivity index (χ1n) is 8.58. The molecule has 0 aliphatic carbocycles. The van der Waals surface area contributed by atoms with Gasteiger partial charge in [-0.2, -0.15) is 0 Å². The van der Waals surface area contributed by atoms with Crippen molar-refractivity contribution < 1.29 is 4.79 Å². The van der Waals surface area contributed by atoms with Crippen molar-refractivity contribution in [2.75, 3.05) is 26.2 Å². The number of aromatic nitrogens is 1. The topological polar surface area (TPSA) is 36.4 Å². The molecule has 0 N–H and O–H groups in total. The number of rotatable bonds is 5. The standard InChI is InChI=1S/C18H25N3OS2/c1-14(2)18-19-15(13-24-18)11-17(22)21-7-4-6-20(8-9-21)12-16-5-3-10-23-16/h3,5,10,13-14H,4,6-9,11-12H2,1-2H3. The molecule has 6 heteroatoms. The normalized spacial score (nSPS) is 16.5. The molecule has 1 aliphatic rings. The smallest absolute Gasteiger partial charge is 0.228 e. The minimum absolute atomic E-state index is 0.216. The van der Waals surface area contributed by atoms with Crippen LogP contribution in [-0.2, 0) is 17.8 Å². The quantitative estimate of drug-likeness (QED) is 0.814. The summed E-state index contributed by atoms with van der Waals surface area (Å²) in [6.45, 7) is 8.99. The first-order valence-corrected chi connectivity index (χ1v) is 10.3. The van der Waals surface area contributed by atoms with Crippen LogP contribution in [-0.4, -0.2) is 46.9 Å². The molecule has 0 unspecified atom stereocenters. The lowest BCUT2D eigenvalue weighted by atomic mass is 10.2. The average molecular weight is 364 g/mol. The van der Waals surface area contributed by atoms with E-state index in [1.165, 1.54) is 4.88 Å². The summed E-state index contributed by atoms with van der Waals surface area (Å²) in [4.78, 5) is 23.1. The Morgan fingerprint density at radius 3 is 2.83 bits per heavy atom. The second-order valence-electron chi connectivity index (χ2n) is 6.60. The van der Waals surface area contributed by atoms with Gasteiger partial charge in [0.05, 0.1) is 17.1 Å². The van der Waals surface area contributed by atoms with E-state index in [0.717, 1.165) is 49.8 Å². The van der Waals surface area contributed by atoms with Gasteiger partial charge >= 0.3 is 0 Å². The van der Waals surface area contributed by atoms with Crippen LogP contribution in [0.5, 0.6) is 0 Å². The van der Waals surface area contributed by atoms with Gasteiger partial charge in [0, 0.05) is 48.9 Å². The molecule has 3 heterocycles. The first-order chi connectivity index (χ1) is 11.6. The van der Waals surface area contributed by atoms with Gasteiger partial charge < -0.3 is 4.90 Å². The summed E-state index contributed by atoms with van der Waals surface area (Å²) in [7, 11) is 0. The predicted octanol–water partition coefficient (Wildman–Crippen LogP) is 3.61. The Labute approximate surface area is 152 Å². The Bertz CT molecular complexity index is 651. The van der Waals surface area contributed by atoms with Crippen LogP contribution >= 0.6 is 22.7 Å². The molecule has 130 valence electrons. The van der Waals surface area contributed by atoms with Gasteiger partial charge in [0.15, 0.2) is 0 Å². The number of nitrogens with zero attached hydrogens (tertiary/aromatic N) is 3. The highest BCUT2D eigenvalue weighted by molar-refractivity contribution is 7.10. The number of carbonyl (C=O) groups is 1. The highest BCUT2D eigenvalue weighted by Gasteiger charge is 2.20. The minimum atomic E-state index is 0.216. The van der Waals surface area contributed by atoms with Crippen LogP contribution in [0.4, 0.5) is 0 Å². The van der Waals surface area contributed by atoms with E-state index >= 15 is 0 Å². The molecule has 0 atom stereocenters. The average Bonchev–Trinajstić information content (AvgIpc) is 3.16. The van der Waals surface area contributed by atoms with Crippen molar-refractivity contribution in [2.45, 2.75) is 39.2 Å². The SMILES string of the molecule is CC(C)c1nc(CC(=O)N2CCCN(Cc3cccs3)CC2)cs1. The van der Waals surface area contributed by atoms with Crippen molar-refractivity contribution in [3.63, 3.8) is 0 Å². The lowest BCUT2D eigenvalue weighted by molar-refractivity contribution is -0.130. The van der Waals surface area contributed by atoms with Crippen molar-refractivity contribution in [1.29, 1.82) is 0 Å². The lowest BCUT2D eigenvalue weighted by Crippen LogP contribution is -2.36. The van der Waals surface area contributed by atoms with Gasteiger partial charge in [-0.25, -0.2) is 4.98 Å². The van der Waals surface area contributed by atoms with Crippen LogP contribution in [0.25, 0.3) is 0 Å². The number of carbonyl (C=O) groups excluding carboxylic acids is 1. The van der Waals surface area contributed by atoms with Crippen LogP contribution in [0.2, 0.25) is 0 Å². The van der Waals surface area contributed by atoms with E-state index in [1.54, 1.807) is 11.3 Å². The summed E-state index contributed by atoms with van der Waals surface area (Å²) < 4.78 is 0. The third kappa shape index (κ3) is 4.65. The van der Waals surface area contributed by atoms with Gasteiger partial charge in [0.1, 0.15) is 0 Å². The van der Waals surface area contributed by atoms with Crippen LogP contribution in [0.15, 0.2) is 22.9 Å². The molecular weight excluding hydrogens is 338 g/mol. The van der Waals surface area contributed by atoms with Crippen molar-refractivity contribution in [3.8, 4) is 0 Å². The largest absolute Gasteiger partial charge is 0.341 e. The maximum atomic E-state index is 12.6. The fourth-order valence-corrected chi connectivity index (χ4v) is 4.52. The molecule has 0 radical (unpaired) electrons. The molecular formula is C18H25N3OS2. The van der Waals surface area contributed by atoms with Crippen LogP contribution in [0, 0.1) is 0 Å².